The Bertz CT molecular complexity index is 698. The number of carbonyl (C=O) groups excluding carboxylic acids is 2. The summed E-state index contributed by atoms with van der Waals surface area (Å²) in [6.07, 6.45) is 1.89. The van der Waals surface area contributed by atoms with Crippen LogP contribution in [0, 0.1) is 0 Å². The molecule has 1 aromatic carbocycles. The summed E-state index contributed by atoms with van der Waals surface area (Å²) in [6, 6.07) is 6.49. The van der Waals surface area contributed by atoms with E-state index in [1.807, 2.05) is 0 Å². The lowest BCUT2D eigenvalue weighted by atomic mass is 9.95. The standard InChI is InChI=1S/C18H21ClN2O4/c1-11-15(17(22)25-10-9-24-2)16(12-3-5-13(19)6-4-12)20-18(23)21(11)14-7-8-14/h3-6,14,16H,7-10H2,1-2H3,(H,20,23)/t16-/m0/s1. The van der Waals surface area contributed by atoms with Crippen LogP contribution in [0.3, 0.4) is 0 Å². The zero-order valence-corrected chi connectivity index (χ0v) is 15.0. The van der Waals surface area contributed by atoms with Crippen molar-refractivity contribution in [3.05, 3.63) is 46.1 Å². The summed E-state index contributed by atoms with van der Waals surface area (Å²) in [5, 5.41) is 3.52. The Kier molecular flexibility index (Phi) is 5.30. The third-order valence-electron chi connectivity index (χ3n) is 4.38. The molecule has 25 heavy (non-hydrogen) atoms. The van der Waals surface area contributed by atoms with Gasteiger partial charge in [0.25, 0.3) is 0 Å². The molecular formula is C18H21ClN2O4. The van der Waals surface area contributed by atoms with Crippen LogP contribution in [0.1, 0.15) is 31.4 Å². The molecule has 0 radical (unpaired) electrons. The van der Waals surface area contributed by atoms with Crippen LogP contribution in [0.15, 0.2) is 35.5 Å². The molecule has 0 spiro atoms. The number of ether oxygens (including phenoxy) is 2. The Balaban J connectivity index is 1.95. The number of esters is 1. The van der Waals surface area contributed by atoms with Crippen molar-refractivity contribution in [1.29, 1.82) is 0 Å². The van der Waals surface area contributed by atoms with Crippen molar-refractivity contribution in [3.8, 4) is 0 Å². The van der Waals surface area contributed by atoms with Gasteiger partial charge < -0.3 is 14.8 Å². The predicted molar refractivity (Wildman–Crippen MR) is 93.1 cm³/mol. The van der Waals surface area contributed by atoms with Crippen LogP contribution in [-0.4, -0.2) is 43.3 Å². The van der Waals surface area contributed by atoms with Crippen LogP contribution in [0.2, 0.25) is 5.02 Å². The van der Waals surface area contributed by atoms with Gasteiger partial charge in [0.15, 0.2) is 0 Å². The fourth-order valence-electron chi connectivity index (χ4n) is 2.99. The lowest BCUT2D eigenvalue weighted by Crippen LogP contribution is -2.48. The first kappa shape index (κ1) is 17.8. The SMILES string of the molecule is COCCOC(=O)C1=C(C)N(C2CC2)C(=O)N[C@H]1c1ccc(Cl)cc1. The molecular weight excluding hydrogens is 344 g/mol. The van der Waals surface area contributed by atoms with Crippen molar-refractivity contribution in [2.24, 2.45) is 0 Å². The molecule has 1 aliphatic heterocycles. The highest BCUT2D eigenvalue weighted by atomic mass is 35.5. The van der Waals surface area contributed by atoms with Gasteiger partial charge in [-0.3, -0.25) is 4.90 Å². The summed E-state index contributed by atoms with van der Waals surface area (Å²) in [5.41, 5.74) is 1.88. The van der Waals surface area contributed by atoms with Crippen molar-refractivity contribution in [1.82, 2.24) is 10.2 Å². The van der Waals surface area contributed by atoms with Gasteiger partial charge >= 0.3 is 12.0 Å². The minimum Gasteiger partial charge on any atom is -0.460 e. The molecule has 2 amide bonds. The number of urea groups is 1. The lowest BCUT2D eigenvalue weighted by Gasteiger charge is -2.35. The van der Waals surface area contributed by atoms with Crippen molar-refractivity contribution in [3.63, 3.8) is 0 Å². The summed E-state index contributed by atoms with van der Waals surface area (Å²) >= 11 is 5.95. The Morgan fingerprint density at radius 1 is 1.28 bits per heavy atom. The molecule has 0 unspecified atom stereocenters. The molecule has 0 aromatic heterocycles. The van der Waals surface area contributed by atoms with Gasteiger partial charge in [-0.05, 0) is 37.5 Å². The Morgan fingerprint density at radius 3 is 2.56 bits per heavy atom. The van der Waals surface area contributed by atoms with E-state index in [-0.39, 0.29) is 18.7 Å². The van der Waals surface area contributed by atoms with Crippen molar-refractivity contribution >= 4 is 23.6 Å². The molecule has 0 saturated heterocycles. The van der Waals surface area contributed by atoms with Crippen molar-refractivity contribution < 1.29 is 19.1 Å². The van der Waals surface area contributed by atoms with E-state index >= 15 is 0 Å². The molecule has 134 valence electrons. The maximum absolute atomic E-state index is 12.7. The second-order valence-electron chi connectivity index (χ2n) is 6.16. The molecule has 1 atom stereocenters. The molecule has 7 heteroatoms. The highest BCUT2D eigenvalue weighted by Crippen LogP contribution is 2.38. The van der Waals surface area contributed by atoms with E-state index in [2.05, 4.69) is 5.32 Å². The van der Waals surface area contributed by atoms with Gasteiger partial charge in [0.1, 0.15) is 6.61 Å². The van der Waals surface area contributed by atoms with E-state index in [1.165, 1.54) is 0 Å². The minimum absolute atomic E-state index is 0.160. The highest BCUT2D eigenvalue weighted by molar-refractivity contribution is 6.30. The quantitative estimate of drug-likeness (QED) is 0.622. The summed E-state index contributed by atoms with van der Waals surface area (Å²) in [5.74, 6) is -0.444. The van der Waals surface area contributed by atoms with E-state index in [0.717, 1.165) is 18.4 Å². The van der Waals surface area contributed by atoms with Gasteiger partial charge in [-0.15, -0.1) is 0 Å². The van der Waals surface area contributed by atoms with Crippen LogP contribution < -0.4 is 5.32 Å². The second-order valence-corrected chi connectivity index (χ2v) is 6.60. The number of nitrogens with one attached hydrogen (secondary N) is 1. The number of amides is 2. The average molecular weight is 365 g/mol. The maximum Gasteiger partial charge on any atom is 0.338 e. The topological polar surface area (TPSA) is 67.9 Å². The molecule has 1 fully saturated rings. The summed E-state index contributed by atoms with van der Waals surface area (Å²) in [4.78, 5) is 26.9. The van der Waals surface area contributed by atoms with Crippen LogP contribution in [0.5, 0.6) is 0 Å². The van der Waals surface area contributed by atoms with Gasteiger partial charge in [0, 0.05) is 23.9 Å². The number of hydrogen-bond donors (Lipinski definition) is 1. The Morgan fingerprint density at radius 2 is 1.96 bits per heavy atom. The molecule has 1 saturated carbocycles. The number of hydrogen-bond acceptors (Lipinski definition) is 4. The number of rotatable bonds is 6. The third-order valence-corrected chi connectivity index (χ3v) is 4.63. The first-order valence-electron chi connectivity index (χ1n) is 8.25. The van der Waals surface area contributed by atoms with E-state index in [0.29, 0.717) is 22.9 Å². The molecule has 1 aromatic rings. The average Bonchev–Trinajstić information content (AvgIpc) is 3.40. The van der Waals surface area contributed by atoms with Crippen LogP contribution in [0.4, 0.5) is 4.79 Å². The molecule has 0 bridgehead atoms. The molecule has 3 rings (SSSR count). The zero-order chi connectivity index (χ0) is 18.0. The predicted octanol–water partition coefficient (Wildman–Crippen LogP) is 3.03. The summed E-state index contributed by atoms with van der Waals surface area (Å²) < 4.78 is 10.3. The third kappa shape index (κ3) is 3.80. The van der Waals surface area contributed by atoms with Crippen molar-refractivity contribution in [2.45, 2.75) is 31.8 Å². The zero-order valence-electron chi connectivity index (χ0n) is 14.3. The minimum atomic E-state index is -0.560. The normalized spacial score (nSPS) is 20.5. The van der Waals surface area contributed by atoms with Crippen LogP contribution >= 0.6 is 11.6 Å². The molecule has 2 aliphatic rings. The maximum atomic E-state index is 12.7. The number of allylic oxidation sites excluding steroid dienone is 1. The Labute approximate surface area is 151 Å². The summed E-state index contributed by atoms with van der Waals surface area (Å²) in [7, 11) is 1.55. The number of nitrogens with zero attached hydrogens (tertiary/aromatic N) is 1. The first-order chi connectivity index (χ1) is 12.0. The van der Waals surface area contributed by atoms with Crippen molar-refractivity contribution in [2.75, 3.05) is 20.3 Å². The van der Waals surface area contributed by atoms with Gasteiger partial charge in [-0.1, -0.05) is 23.7 Å². The number of halogens is 1. The fourth-order valence-corrected chi connectivity index (χ4v) is 3.12. The molecule has 1 N–H and O–H groups in total. The smallest absolute Gasteiger partial charge is 0.338 e. The van der Waals surface area contributed by atoms with E-state index in [1.54, 1.807) is 43.2 Å². The number of benzene rings is 1. The summed E-state index contributed by atoms with van der Waals surface area (Å²) in [6.45, 7) is 2.28. The fraction of sp³-hybridized carbons (Fsp3) is 0.444. The first-order valence-corrected chi connectivity index (χ1v) is 8.62. The largest absolute Gasteiger partial charge is 0.460 e. The van der Waals surface area contributed by atoms with Gasteiger partial charge in [0.2, 0.25) is 0 Å². The molecule has 1 aliphatic carbocycles. The van der Waals surface area contributed by atoms with Gasteiger partial charge in [-0.2, -0.15) is 0 Å². The van der Waals surface area contributed by atoms with E-state index in [4.69, 9.17) is 21.1 Å². The van der Waals surface area contributed by atoms with E-state index < -0.39 is 12.0 Å². The lowest BCUT2D eigenvalue weighted by molar-refractivity contribution is -0.140. The molecule has 6 nitrogen and oxygen atoms in total. The van der Waals surface area contributed by atoms with Crippen LogP contribution in [-0.2, 0) is 14.3 Å². The molecule has 1 heterocycles. The highest BCUT2D eigenvalue weighted by Gasteiger charge is 2.42. The van der Waals surface area contributed by atoms with Crippen LogP contribution in [0.25, 0.3) is 0 Å². The van der Waals surface area contributed by atoms with E-state index in [9.17, 15) is 9.59 Å². The second kappa shape index (κ2) is 7.45. The van der Waals surface area contributed by atoms with Gasteiger partial charge in [-0.25, -0.2) is 9.59 Å². The number of methoxy groups -OCH3 is 1. The van der Waals surface area contributed by atoms with Gasteiger partial charge in [0.05, 0.1) is 18.2 Å². The Hall–Kier alpha value is -2.05. The number of carbonyl (C=O) groups is 2. The monoisotopic (exact) mass is 364 g/mol.